The van der Waals surface area contributed by atoms with Gasteiger partial charge in [-0.15, -0.1) is 0 Å². The Balaban J connectivity index is 1.10. The van der Waals surface area contributed by atoms with Crippen molar-refractivity contribution in [3.05, 3.63) is 243 Å². The molecule has 2 nitrogen and oxygen atoms in total. The summed E-state index contributed by atoms with van der Waals surface area (Å²) in [6, 6.07) is 88.6. The van der Waals surface area contributed by atoms with Crippen LogP contribution < -0.4 is 0 Å². The third-order valence-electron chi connectivity index (χ3n) is 12.5. The van der Waals surface area contributed by atoms with Gasteiger partial charge in [-0.1, -0.05) is 146 Å². The van der Waals surface area contributed by atoms with Crippen molar-refractivity contribution < 1.29 is 0 Å². The van der Waals surface area contributed by atoms with Gasteiger partial charge >= 0.3 is 0 Å². The van der Waals surface area contributed by atoms with Gasteiger partial charge in [-0.3, -0.25) is 0 Å². The van der Waals surface area contributed by atoms with Crippen molar-refractivity contribution >= 4 is 43.6 Å². The van der Waals surface area contributed by atoms with Crippen LogP contribution in [-0.2, 0) is 0 Å². The van der Waals surface area contributed by atoms with Crippen molar-refractivity contribution in [2.45, 2.75) is 0 Å². The largest absolute Gasteiger partial charge is 0.309 e. The maximum absolute atomic E-state index is 2.40. The minimum absolute atomic E-state index is 1.16. The summed E-state index contributed by atoms with van der Waals surface area (Å²) in [7, 11) is 0. The lowest BCUT2D eigenvalue weighted by molar-refractivity contribution is 1.18. The Bertz CT molecular complexity index is 3370. The van der Waals surface area contributed by atoms with Crippen LogP contribution in [0, 0.1) is 0 Å². The lowest BCUT2D eigenvalue weighted by Gasteiger charge is -2.15. The summed E-state index contributed by atoms with van der Waals surface area (Å²) in [5.74, 6) is 0. The monoisotopic (exact) mass is 788 g/mol. The van der Waals surface area contributed by atoms with Crippen LogP contribution in [0.2, 0.25) is 0 Å². The molecule has 2 aromatic heterocycles. The van der Waals surface area contributed by atoms with Crippen molar-refractivity contribution in [2.75, 3.05) is 0 Å². The van der Waals surface area contributed by atoms with Gasteiger partial charge in [0.05, 0.1) is 22.1 Å². The summed E-state index contributed by atoms with van der Waals surface area (Å²) in [6.07, 6.45) is 0. The molecule has 0 bridgehead atoms. The van der Waals surface area contributed by atoms with Crippen molar-refractivity contribution in [1.29, 1.82) is 0 Å². The molecule has 0 atom stereocenters. The predicted octanol–water partition coefficient (Wildman–Crippen LogP) is 16.2. The second-order valence-electron chi connectivity index (χ2n) is 16.2. The van der Waals surface area contributed by atoms with Crippen LogP contribution in [-0.4, -0.2) is 9.13 Å². The average Bonchev–Trinajstić information content (AvgIpc) is 3.87. The molecule has 2 heteroatoms. The zero-order valence-electron chi connectivity index (χ0n) is 34.0. The number of rotatable bonds is 7. The SMILES string of the molecule is c1ccc(-c2cc(-c3ccccc3)cc(-c3cc(-c4ccc5c(c4)c4ccccc4n5-c4ccccc4)cc(-c4ccc5c(c4)c4ccccc4n5-c4ccccc4)c3)c2)cc1. The Labute approximate surface area is 360 Å². The van der Waals surface area contributed by atoms with Crippen molar-refractivity contribution in [2.24, 2.45) is 0 Å². The van der Waals surface area contributed by atoms with E-state index in [0.717, 1.165) is 11.4 Å². The molecule has 0 fully saturated rings. The van der Waals surface area contributed by atoms with E-state index in [0.29, 0.717) is 0 Å². The molecule has 0 aliphatic carbocycles. The Morgan fingerprint density at radius 3 is 0.855 bits per heavy atom. The first kappa shape index (κ1) is 35.7. The Morgan fingerprint density at radius 2 is 0.468 bits per heavy atom. The molecule has 10 aromatic carbocycles. The number of hydrogen-bond acceptors (Lipinski definition) is 0. The third-order valence-corrected chi connectivity index (χ3v) is 12.5. The van der Waals surface area contributed by atoms with E-state index in [1.807, 2.05) is 0 Å². The van der Waals surface area contributed by atoms with Crippen LogP contribution in [0.1, 0.15) is 0 Å². The highest BCUT2D eigenvalue weighted by Crippen LogP contribution is 2.41. The smallest absolute Gasteiger partial charge is 0.0541 e. The van der Waals surface area contributed by atoms with Gasteiger partial charge in [0.15, 0.2) is 0 Å². The fraction of sp³-hybridized carbons (Fsp3) is 0. The first-order chi connectivity index (χ1) is 30.7. The number of fused-ring (bicyclic) bond motifs is 6. The van der Waals surface area contributed by atoms with Gasteiger partial charge in [0.2, 0.25) is 0 Å². The Hall–Kier alpha value is -8.20. The Kier molecular flexibility index (Phi) is 8.53. The summed E-state index contributed by atoms with van der Waals surface area (Å²) >= 11 is 0. The van der Waals surface area contributed by atoms with Crippen LogP contribution in [0.3, 0.4) is 0 Å². The van der Waals surface area contributed by atoms with Crippen LogP contribution in [0.4, 0.5) is 0 Å². The van der Waals surface area contributed by atoms with E-state index in [9.17, 15) is 0 Å². The molecule has 0 amide bonds. The molecule has 0 unspecified atom stereocenters. The lowest BCUT2D eigenvalue weighted by Crippen LogP contribution is -1.93. The molecular weight excluding hydrogens is 749 g/mol. The molecule has 0 aliphatic heterocycles. The number of benzene rings is 10. The topological polar surface area (TPSA) is 9.86 Å². The molecule has 0 saturated heterocycles. The molecule has 12 aromatic rings. The highest BCUT2D eigenvalue weighted by atomic mass is 15.0. The van der Waals surface area contributed by atoms with Gasteiger partial charge in [0.25, 0.3) is 0 Å². The standard InChI is InChI=1S/C60H40N2/c1-5-17-41(18-6-1)45-33-46(42-19-7-2-8-20-42)35-49(34-45)50-37-47(43-29-31-59-55(39-43)53-25-13-15-27-57(53)61(59)51-21-9-3-10-22-51)36-48(38-50)44-30-32-60-56(40-44)54-26-14-16-28-58(54)62(60)52-23-11-4-12-24-52/h1-40H. The molecule has 0 aliphatic rings. The molecule has 0 radical (unpaired) electrons. The van der Waals surface area contributed by atoms with Gasteiger partial charge in [0.1, 0.15) is 0 Å². The normalized spacial score (nSPS) is 11.5. The van der Waals surface area contributed by atoms with Crippen LogP contribution >= 0.6 is 0 Å². The lowest BCUT2D eigenvalue weighted by atomic mass is 9.89. The summed E-state index contributed by atoms with van der Waals surface area (Å²) in [5, 5.41) is 4.96. The maximum atomic E-state index is 2.40. The predicted molar refractivity (Wildman–Crippen MR) is 262 cm³/mol. The quantitative estimate of drug-likeness (QED) is 0.152. The molecule has 290 valence electrons. The number of hydrogen-bond donors (Lipinski definition) is 0. The summed E-state index contributed by atoms with van der Waals surface area (Å²) in [5.41, 5.74) is 19.0. The molecule has 62 heavy (non-hydrogen) atoms. The molecule has 12 rings (SSSR count). The van der Waals surface area contributed by atoms with E-state index in [-0.39, 0.29) is 0 Å². The summed E-state index contributed by atoms with van der Waals surface area (Å²) in [6.45, 7) is 0. The van der Waals surface area contributed by atoms with Crippen molar-refractivity contribution in [1.82, 2.24) is 9.13 Å². The first-order valence-electron chi connectivity index (χ1n) is 21.3. The molecule has 0 N–H and O–H groups in total. The third kappa shape index (κ3) is 6.12. The minimum Gasteiger partial charge on any atom is -0.309 e. The van der Waals surface area contributed by atoms with E-state index < -0.39 is 0 Å². The zero-order chi connectivity index (χ0) is 41.0. The summed E-state index contributed by atoms with van der Waals surface area (Å²) < 4.78 is 4.77. The molecular formula is C60H40N2. The van der Waals surface area contributed by atoms with Crippen LogP contribution in [0.25, 0.3) is 111 Å². The zero-order valence-corrected chi connectivity index (χ0v) is 34.0. The fourth-order valence-electron chi connectivity index (χ4n) is 9.53. The summed E-state index contributed by atoms with van der Waals surface area (Å²) in [4.78, 5) is 0. The van der Waals surface area contributed by atoms with Gasteiger partial charge in [-0.25, -0.2) is 0 Å². The van der Waals surface area contributed by atoms with Gasteiger partial charge in [-0.05, 0) is 153 Å². The van der Waals surface area contributed by atoms with E-state index >= 15 is 0 Å². The van der Waals surface area contributed by atoms with Gasteiger partial charge in [-0.2, -0.15) is 0 Å². The maximum Gasteiger partial charge on any atom is 0.0541 e. The fourth-order valence-corrected chi connectivity index (χ4v) is 9.53. The molecule has 2 heterocycles. The van der Waals surface area contributed by atoms with E-state index in [4.69, 9.17) is 0 Å². The van der Waals surface area contributed by atoms with Gasteiger partial charge < -0.3 is 9.13 Å². The highest BCUT2D eigenvalue weighted by molar-refractivity contribution is 6.12. The highest BCUT2D eigenvalue weighted by Gasteiger charge is 2.17. The number of para-hydroxylation sites is 4. The van der Waals surface area contributed by atoms with Crippen molar-refractivity contribution in [3.8, 4) is 67.0 Å². The van der Waals surface area contributed by atoms with Gasteiger partial charge in [0, 0.05) is 32.9 Å². The number of nitrogens with zero attached hydrogens (tertiary/aromatic N) is 2. The van der Waals surface area contributed by atoms with E-state index in [1.165, 1.54) is 99.2 Å². The van der Waals surface area contributed by atoms with Crippen LogP contribution in [0.15, 0.2) is 243 Å². The molecule has 0 saturated carbocycles. The molecule has 0 spiro atoms. The van der Waals surface area contributed by atoms with Crippen molar-refractivity contribution in [3.63, 3.8) is 0 Å². The number of aromatic nitrogens is 2. The van der Waals surface area contributed by atoms with E-state index in [1.54, 1.807) is 0 Å². The second kappa shape index (κ2) is 14.8. The van der Waals surface area contributed by atoms with E-state index in [2.05, 4.69) is 252 Å². The first-order valence-corrected chi connectivity index (χ1v) is 21.3. The second-order valence-corrected chi connectivity index (χ2v) is 16.2. The average molecular weight is 789 g/mol. The Morgan fingerprint density at radius 1 is 0.177 bits per heavy atom. The minimum atomic E-state index is 1.16. The van der Waals surface area contributed by atoms with Crippen LogP contribution in [0.5, 0.6) is 0 Å².